The van der Waals surface area contributed by atoms with Gasteiger partial charge < -0.3 is 15.2 Å². The highest BCUT2D eigenvalue weighted by Gasteiger charge is 2.15. The summed E-state index contributed by atoms with van der Waals surface area (Å²) in [5.74, 6) is 0.000541. The minimum atomic E-state index is -0.453. The molecule has 1 atom stereocenters. The van der Waals surface area contributed by atoms with Crippen LogP contribution in [0.1, 0.15) is 37.0 Å². The molecule has 0 saturated heterocycles. The minimum Gasteiger partial charge on any atom is -0.462 e. The summed E-state index contributed by atoms with van der Waals surface area (Å²) >= 11 is 3.27. The van der Waals surface area contributed by atoms with Gasteiger partial charge in [0.25, 0.3) is 0 Å². The molecule has 0 aliphatic rings. The Balaban J connectivity index is 2.79. The summed E-state index contributed by atoms with van der Waals surface area (Å²) in [6.45, 7) is 4.42. The first-order valence-electron chi connectivity index (χ1n) is 6.33. The molecule has 19 heavy (non-hydrogen) atoms. The Bertz CT molecular complexity index is 426. The number of aliphatic hydroxyl groups excluding tert-OH is 1. The summed E-state index contributed by atoms with van der Waals surface area (Å²) in [5, 5.41) is 12.7. The van der Waals surface area contributed by atoms with Gasteiger partial charge in [-0.2, -0.15) is 0 Å². The lowest BCUT2D eigenvalue weighted by Crippen LogP contribution is -2.21. The normalized spacial score (nSPS) is 12.0. The quantitative estimate of drug-likeness (QED) is 0.752. The fourth-order valence-corrected chi connectivity index (χ4v) is 1.93. The number of halogens is 1. The van der Waals surface area contributed by atoms with Crippen molar-refractivity contribution in [3.63, 3.8) is 0 Å². The predicted molar refractivity (Wildman–Crippen MR) is 77.3 cm³/mol. The van der Waals surface area contributed by atoms with Gasteiger partial charge in [0.2, 0.25) is 0 Å². The van der Waals surface area contributed by atoms with E-state index in [0.29, 0.717) is 35.4 Å². The number of ether oxygens (including phenoxy) is 1. The van der Waals surface area contributed by atoms with Crippen LogP contribution in [0.15, 0.2) is 16.7 Å². The molecule has 0 fully saturated rings. The van der Waals surface area contributed by atoms with Crippen molar-refractivity contribution in [3.05, 3.63) is 22.3 Å². The van der Waals surface area contributed by atoms with Crippen LogP contribution in [-0.2, 0) is 4.74 Å². The zero-order valence-corrected chi connectivity index (χ0v) is 12.7. The molecule has 0 aliphatic heterocycles. The van der Waals surface area contributed by atoms with E-state index in [1.54, 1.807) is 19.2 Å². The summed E-state index contributed by atoms with van der Waals surface area (Å²) in [5.41, 5.74) is 0.361. The molecule has 5 nitrogen and oxygen atoms in total. The van der Waals surface area contributed by atoms with Gasteiger partial charge in [0.1, 0.15) is 11.4 Å². The van der Waals surface area contributed by atoms with Gasteiger partial charge >= 0.3 is 5.97 Å². The average molecular weight is 331 g/mol. The highest BCUT2D eigenvalue weighted by atomic mass is 79.9. The van der Waals surface area contributed by atoms with Crippen LogP contribution in [-0.4, -0.2) is 35.3 Å². The molecular weight excluding hydrogens is 312 g/mol. The van der Waals surface area contributed by atoms with Crippen molar-refractivity contribution in [2.24, 2.45) is 0 Å². The van der Waals surface area contributed by atoms with Crippen LogP contribution in [0.25, 0.3) is 0 Å². The Morgan fingerprint density at radius 2 is 2.32 bits per heavy atom. The first kappa shape index (κ1) is 15.9. The van der Waals surface area contributed by atoms with Crippen molar-refractivity contribution >= 4 is 27.7 Å². The maximum absolute atomic E-state index is 11.8. The van der Waals surface area contributed by atoms with Gasteiger partial charge in [0.05, 0.1) is 12.7 Å². The molecule has 0 bridgehead atoms. The molecular formula is C13H19BrN2O3. The molecule has 0 aromatic carbocycles. The molecule has 0 spiro atoms. The molecule has 0 amide bonds. The summed E-state index contributed by atoms with van der Waals surface area (Å²) < 4.78 is 5.68. The second kappa shape index (κ2) is 8.12. The third-order valence-corrected chi connectivity index (χ3v) is 2.91. The first-order chi connectivity index (χ1) is 9.08. The lowest BCUT2D eigenvalue weighted by Gasteiger charge is -2.13. The molecule has 1 heterocycles. The summed E-state index contributed by atoms with van der Waals surface area (Å²) in [7, 11) is 0. The highest BCUT2D eigenvalue weighted by molar-refractivity contribution is 9.10. The Morgan fingerprint density at radius 3 is 2.95 bits per heavy atom. The van der Waals surface area contributed by atoms with Crippen molar-refractivity contribution in [1.82, 2.24) is 4.98 Å². The number of hydrogen-bond acceptors (Lipinski definition) is 5. The van der Waals surface area contributed by atoms with Gasteiger partial charge in [0.15, 0.2) is 0 Å². The Hall–Kier alpha value is -1.14. The second-order valence-corrected chi connectivity index (χ2v) is 5.01. The Labute approximate surface area is 121 Å². The maximum Gasteiger partial charge on any atom is 0.341 e. The van der Waals surface area contributed by atoms with Crippen LogP contribution in [0.5, 0.6) is 0 Å². The second-order valence-electron chi connectivity index (χ2n) is 4.09. The number of anilines is 1. The van der Waals surface area contributed by atoms with Gasteiger partial charge in [-0.3, -0.25) is 0 Å². The zero-order chi connectivity index (χ0) is 14.3. The van der Waals surface area contributed by atoms with E-state index >= 15 is 0 Å². The van der Waals surface area contributed by atoms with Crippen LogP contribution in [0, 0.1) is 0 Å². The van der Waals surface area contributed by atoms with Crippen molar-refractivity contribution in [1.29, 1.82) is 0 Å². The lowest BCUT2D eigenvalue weighted by molar-refractivity contribution is 0.0527. The number of hydrogen-bond donors (Lipinski definition) is 2. The average Bonchev–Trinajstić information content (AvgIpc) is 2.38. The lowest BCUT2D eigenvalue weighted by atomic mass is 10.2. The van der Waals surface area contributed by atoms with Crippen LogP contribution in [0.4, 0.5) is 5.82 Å². The third kappa shape index (κ3) is 5.16. The Kier molecular flexibility index (Phi) is 6.80. The van der Waals surface area contributed by atoms with E-state index in [1.165, 1.54) is 0 Å². The largest absolute Gasteiger partial charge is 0.462 e. The predicted octanol–water partition coefficient (Wildman–Crippen LogP) is 2.59. The van der Waals surface area contributed by atoms with Gasteiger partial charge in [-0.25, -0.2) is 9.78 Å². The van der Waals surface area contributed by atoms with E-state index in [4.69, 9.17) is 4.74 Å². The molecule has 6 heteroatoms. The van der Waals surface area contributed by atoms with Gasteiger partial charge in [-0.15, -0.1) is 0 Å². The van der Waals surface area contributed by atoms with Gasteiger partial charge in [-0.1, -0.05) is 13.3 Å². The van der Waals surface area contributed by atoms with Crippen LogP contribution in [0.2, 0.25) is 0 Å². The monoisotopic (exact) mass is 330 g/mol. The van der Waals surface area contributed by atoms with E-state index in [1.807, 2.05) is 6.92 Å². The van der Waals surface area contributed by atoms with Gasteiger partial charge in [0, 0.05) is 17.2 Å². The molecule has 1 rings (SSSR count). The van der Waals surface area contributed by atoms with Crippen molar-refractivity contribution in [3.8, 4) is 0 Å². The molecule has 0 saturated carbocycles. The van der Waals surface area contributed by atoms with Crippen molar-refractivity contribution < 1.29 is 14.6 Å². The standard InChI is InChI=1S/C13H19BrN2O3/c1-3-5-10(17)8-16-12-11(13(18)19-4-2)6-9(14)7-15-12/h6-7,10,17H,3-5,8H2,1-2H3,(H,15,16)/t10-/m1/s1. The van der Waals surface area contributed by atoms with E-state index in [-0.39, 0.29) is 0 Å². The van der Waals surface area contributed by atoms with E-state index in [9.17, 15) is 9.90 Å². The van der Waals surface area contributed by atoms with Gasteiger partial charge in [-0.05, 0) is 35.3 Å². The summed E-state index contributed by atoms with van der Waals surface area (Å²) in [6.07, 6.45) is 2.75. The number of nitrogens with one attached hydrogen (secondary N) is 1. The van der Waals surface area contributed by atoms with E-state index < -0.39 is 12.1 Å². The number of pyridine rings is 1. The molecule has 1 aromatic rings. The fraction of sp³-hybridized carbons (Fsp3) is 0.538. The number of aromatic nitrogens is 1. The molecule has 0 unspecified atom stereocenters. The number of nitrogens with zero attached hydrogens (tertiary/aromatic N) is 1. The smallest absolute Gasteiger partial charge is 0.341 e. The van der Waals surface area contributed by atoms with E-state index in [0.717, 1.165) is 6.42 Å². The number of carbonyl (C=O) groups excluding carboxylic acids is 1. The molecule has 0 radical (unpaired) electrons. The third-order valence-electron chi connectivity index (χ3n) is 2.48. The number of esters is 1. The molecule has 1 aromatic heterocycles. The highest BCUT2D eigenvalue weighted by Crippen LogP contribution is 2.19. The van der Waals surface area contributed by atoms with Crippen LogP contribution < -0.4 is 5.32 Å². The van der Waals surface area contributed by atoms with E-state index in [2.05, 4.69) is 26.2 Å². The number of rotatable bonds is 7. The van der Waals surface area contributed by atoms with Crippen LogP contribution >= 0.6 is 15.9 Å². The van der Waals surface area contributed by atoms with Crippen molar-refractivity contribution in [2.75, 3.05) is 18.5 Å². The fourth-order valence-electron chi connectivity index (χ4n) is 1.59. The van der Waals surface area contributed by atoms with Crippen molar-refractivity contribution in [2.45, 2.75) is 32.8 Å². The topological polar surface area (TPSA) is 71.5 Å². The molecule has 0 aliphatic carbocycles. The molecule has 106 valence electrons. The summed E-state index contributed by atoms with van der Waals surface area (Å²) in [6, 6.07) is 1.65. The SMILES string of the molecule is CCC[C@@H](O)CNc1ncc(Br)cc1C(=O)OCC. The van der Waals surface area contributed by atoms with Crippen LogP contribution in [0.3, 0.4) is 0 Å². The zero-order valence-electron chi connectivity index (χ0n) is 11.1. The number of aliphatic hydroxyl groups is 1. The number of carbonyl (C=O) groups is 1. The molecule has 2 N–H and O–H groups in total. The summed E-state index contributed by atoms with van der Waals surface area (Å²) in [4.78, 5) is 15.9. The first-order valence-corrected chi connectivity index (χ1v) is 7.12. The minimum absolute atomic E-state index is 0.309. The Morgan fingerprint density at radius 1 is 1.58 bits per heavy atom. The maximum atomic E-state index is 11.8.